The predicted octanol–water partition coefficient (Wildman–Crippen LogP) is 7.92. The molecule has 1 aliphatic heterocycles. The molecule has 0 aliphatic carbocycles. The van der Waals surface area contributed by atoms with Crippen LogP contribution < -0.4 is 15.9 Å². The maximum absolute atomic E-state index is 15.8. The van der Waals surface area contributed by atoms with Gasteiger partial charge in [0.15, 0.2) is 18.8 Å². The summed E-state index contributed by atoms with van der Waals surface area (Å²) in [5.41, 5.74) is 5.58. The summed E-state index contributed by atoms with van der Waals surface area (Å²) < 4.78 is 17.9. The average molecular weight is 597 g/mol. The minimum Gasteiger partial charge on any atom is -0.309 e. The van der Waals surface area contributed by atoms with Gasteiger partial charge in [-0.25, -0.2) is 4.98 Å². The second kappa shape index (κ2) is 9.95. The lowest BCUT2D eigenvalue weighted by Crippen LogP contribution is -2.22. The number of para-hydroxylation sites is 1. The van der Waals surface area contributed by atoms with Gasteiger partial charge in [-0.2, -0.15) is 9.97 Å². The Balaban J connectivity index is 1.45. The molecule has 1 atom stereocenters. The maximum atomic E-state index is 15.8. The standard InChI is InChI=1S/C39H25N4OP/c44-45(28-18-8-3-9-19-28)34-23-13-11-21-30(34)32-25-24-31-29-20-10-12-22-33(29)43(35(31)36(32)45)39-41-37(26-14-4-1-5-15-26)40-38(42-39)27-16-6-2-7-17-27/h1-25H. The Labute approximate surface area is 259 Å². The van der Waals surface area contributed by atoms with Crippen molar-refractivity contribution in [3.05, 3.63) is 152 Å². The maximum Gasteiger partial charge on any atom is 0.238 e. The Hall–Kier alpha value is -5.64. The van der Waals surface area contributed by atoms with E-state index in [9.17, 15) is 0 Å². The largest absolute Gasteiger partial charge is 0.309 e. The highest BCUT2D eigenvalue weighted by Gasteiger charge is 2.43. The molecule has 0 N–H and O–H groups in total. The summed E-state index contributed by atoms with van der Waals surface area (Å²) in [7, 11) is -3.28. The molecule has 9 rings (SSSR count). The normalized spacial score (nSPS) is 15.3. The summed E-state index contributed by atoms with van der Waals surface area (Å²) in [6.45, 7) is 0. The summed E-state index contributed by atoms with van der Waals surface area (Å²) in [4.78, 5) is 15.2. The van der Waals surface area contributed by atoms with Gasteiger partial charge in [0.25, 0.3) is 0 Å². The zero-order chi connectivity index (χ0) is 30.0. The Morgan fingerprint density at radius 3 is 1.76 bits per heavy atom. The third-order valence-corrected chi connectivity index (χ3v) is 11.8. The molecular weight excluding hydrogens is 571 g/mol. The molecule has 3 heterocycles. The summed E-state index contributed by atoms with van der Waals surface area (Å²) in [6.07, 6.45) is 0. The number of fused-ring (bicyclic) bond motifs is 7. The van der Waals surface area contributed by atoms with Crippen LogP contribution >= 0.6 is 7.14 Å². The zero-order valence-electron chi connectivity index (χ0n) is 24.1. The van der Waals surface area contributed by atoms with Crippen LogP contribution in [-0.4, -0.2) is 19.5 Å². The predicted molar refractivity (Wildman–Crippen MR) is 183 cm³/mol. The van der Waals surface area contributed by atoms with Crippen LogP contribution in [0.5, 0.6) is 0 Å². The van der Waals surface area contributed by atoms with Crippen molar-refractivity contribution in [2.45, 2.75) is 0 Å². The monoisotopic (exact) mass is 596 g/mol. The lowest BCUT2D eigenvalue weighted by atomic mass is 10.0. The van der Waals surface area contributed by atoms with Crippen molar-refractivity contribution in [1.29, 1.82) is 0 Å². The highest BCUT2D eigenvalue weighted by molar-refractivity contribution is 7.86. The van der Waals surface area contributed by atoms with Crippen LogP contribution in [0.25, 0.3) is 61.7 Å². The molecule has 45 heavy (non-hydrogen) atoms. The topological polar surface area (TPSA) is 60.7 Å². The van der Waals surface area contributed by atoms with E-state index in [0.717, 1.165) is 60.0 Å². The van der Waals surface area contributed by atoms with Crippen LogP contribution in [0.2, 0.25) is 0 Å². The number of nitrogens with zero attached hydrogens (tertiary/aromatic N) is 4. The number of benzene rings is 6. The van der Waals surface area contributed by atoms with Gasteiger partial charge >= 0.3 is 0 Å². The van der Waals surface area contributed by atoms with Crippen molar-refractivity contribution < 1.29 is 4.57 Å². The quantitative estimate of drug-likeness (QED) is 0.194. The molecule has 0 saturated heterocycles. The minimum absolute atomic E-state index is 0.484. The van der Waals surface area contributed by atoms with Crippen LogP contribution in [0.15, 0.2) is 152 Å². The Kier molecular flexibility index (Phi) is 5.71. The molecule has 0 fully saturated rings. The van der Waals surface area contributed by atoms with Gasteiger partial charge in [0.1, 0.15) is 0 Å². The van der Waals surface area contributed by atoms with E-state index in [2.05, 4.69) is 34.9 Å². The first-order chi connectivity index (χ1) is 22.2. The highest BCUT2D eigenvalue weighted by Crippen LogP contribution is 2.54. The fraction of sp³-hybridized carbons (Fsp3) is 0. The molecule has 0 spiro atoms. The molecule has 5 nitrogen and oxygen atoms in total. The van der Waals surface area contributed by atoms with Crippen LogP contribution in [0.4, 0.5) is 0 Å². The van der Waals surface area contributed by atoms with E-state index in [0.29, 0.717) is 17.6 Å². The molecule has 1 aliphatic rings. The Morgan fingerprint density at radius 2 is 1.07 bits per heavy atom. The first-order valence-corrected chi connectivity index (χ1v) is 16.6. The van der Waals surface area contributed by atoms with Gasteiger partial charge < -0.3 is 4.57 Å². The Morgan fingerprint density at radius 1 is 0.489 bits per heavy atom. The van der Waals surface area contributed by atoms with Gasteiger partial charge in [-0.05, 0) is 17.2 Å². The van der Waals surface area contributed by atoms with Crippen molar-refractivity contribution in [3.63, 3.8) is 0 Å². The molecule has 6 heteroatoms. The van der Waals surface area contributed by atoms with Gasteiger partial charge in [0.2, 0.25) is 5.95 Å². The molecule has 8 aromatic rings. The SMILES string of the molecule is O=P1(c2ccccc2)c2ccccc2-c2ccc3c4ccccc4n(-c4nc(-c5ccccc5)nc(-c5ccccc5)n4)c3c21. The van der Waals surface area contributed by atoms with E-state index in [1.165, 1.54) is 0 Å². The molecule has 0 radical (unpaired) electrons. The molecule has 0 saturated carbocycles. The van der Waals surface area contributed by atoms with Crippen molar-refractivity contribution in [2.75, 3.05) is 0 Å². The van der Waals surface area contributed by atoms with Crippen LogP contribution in [-0.2, 0) is 4.57 Å². The zero-order valence-corrected chi connectivity index (χ0v) is 25.0. The Bertz CT molecular complexity index is 2400. The molecule has 6 aromatic carbocycles. The van der Waals surface area contributed by atoms with E-state index in [-0.39, 0.29) is 0 Å². The summed E-state index contributed by atoms with van der Waals surface area (Å²) >= 11 is 0. The van der Waals surface area contributed by atoms with Gasteiger partial charge in [-0.3, -0.25) is 4.57 Å². The van der Waals surface area contributed by atoms with E-state index < -0.39 is 7.14 Å². The summed E-state index contributed by atoms with van der Waals surface area (Å²) in [5.74, 6) is 1.64. The van der Waals surface area contributed by atoms with E-state index in [1.807, 2.05) is 121 Å². The highest BCUT2D eigenvalue weighted by atomic mass is 31.2. The van der Waals surface area contributed by atoms with Gasteiger partial charge in [0.05, 0.1) is 16.3 Å². The van der Waals surface area contributed by atoms with E-state index >= 15 is 4.57 Å². The number of rotatable bonds is 4. The van der Waals surface area contributed by atoms with Crippen LogP contribution in [0, 0.1) is 0 Å². The fourth-order valence-corrected chi connectivity index (χ4v) is 9.94. The second-order valence-electron chi connectivity index (χ2n) is 11.2. The molecular formula is C39H25N4OP. The van der Waals surface area contributed by atoms with E-state index in [1.54, 1.807) is 0 Å². The third-order valence-electron chi connectivity index (χ3n) is 8.67. The lowest BCUT2D eigenvalue weighted by molar-refractivity contribution is 0.593. The first-order valence-electron chi connectivity index (χ1n) is 14.9. The first kappa shape index (κ1) is 25.8. The second-order valence-corrected chi connectivity index (χ2v) is 13.9. The van der Waals surface area contributed by atoms with E-state index in [4.69, 9.17) is 15.0 Å². The lowest BCUT2D eigenvalue weighted by Gasteiger charge is -2.18. The van der Waals surface area contributed by atoms with Crippen molar-refractivity contribution in [2.24, 2.45) is 0 Å². The molecule has 0 bridgehead atoms. The third kappa shape index (κ3) is 3.81. The van der Waals surface area contributed by atoms with Gasteiger partial charge in [-0.1, -0.05) is 146 Å². The van der Waals surface area contributed by atoms with Crippen molar-refractivity contribution in [3.8, 4) is 39.9 Å². The van der Waals surface area contributed by atoms with Gasteiger partial charge in [-0.15, -0.1) is 0 Å². The minimum atomic E-state index is -3.28. The van der Waals surface area contributed by atoms with Gasteiger partial charge in [0, 0.05) is 32.5 Å². The summed E-state index contributed by atoms with van der Waals surface area (Å²) in [6, 6.07) is 50.5. The number of aromatic nitrogens is 4. The van der Waals surface area contributed by atoms with Crippen LogP contribution in [0.3, 0.4) is 0 Å². The molecule has 212 valence electrons. The smallest absolute Gasteiger partial charge is 0.238 e. The molecule has 2 aromatic heterocycles. The van der Waals surface area contributed by atoms with Crippen molar-refractivity contribution in [1.82, 2.24) is 19.5 Å². The fourth-order valence-electron chi connectivity index (χ4n) is 6.68. The summed E-state index contributed by atoms with van der Waals surface area (Å²) in [5, 5.41) is 4.56. The number of hydrogen-bond acceptors (Lipinski definition) is 4. The number of hydrogen-bond donors (Lipinski definition) is 0. The average Bonchev–Trinajstić information content (AvgIpc) is 3.59. The molecule has 0 amide bonds. The van der Waals surface area contributed by atoms with Crippen LogP contribution in [0.1, 0.15) is 0 Å². The molecule has 1 unspecified atom stereocenters. The van der Waals surface area contributed by atoms with Crippen molar-refractivity contribution >= 4 is 44.9 Å².